The predicted octanol–water partition coefficient (Wildman–Crippen LogP) is 5.11. The third-order valence-electron chi connectivity index (χ3n) is 4.87. The van der Waals surface area contributed by atoms with Crippen LogP contribution in [0.1, 0.15) is 63.4 Å². The molecule has 1 fully saturated rings. The molecule has 0 radical (unpaired) electrons. The van der Waals surface area contributed by atoms with Gasteiger partial charge in [-0.15, -0.1) is 0 Å². The van der Waals surface area contributed by atoms with E-state index in [4.69, 9.17) is 9.47 Å². The Labute approximate surface area is 128 Å². The zero-order chi connectivity index (χ0) is 14.7. The lowest BCUT2D eigenvalue weighted by Gasteiger charge is -2.32. The van der Waals surface area contributed by atoms with Crippen LogP contribution >= 0.6 is 0 Å². The molecule has 114 valence electrons. The number of hydrogen-bond donors (Lipinski definition) is 0. The lowest BCUT2D eigenvalue weighted by Crippen LogP contribution is -2.18. The van der Waals surface area contributed by atoms with Gasteiger partial charge in [0.2, 0.25) is 0 Å². The van der Waals surface area contributed by atoms with Crippen LogP contribution in [0.25, 0.3) is 5.57 Å². The smallest absolute Gasteiger partial charge is 0.184 e. The number of ether oxygens (including phenoxy) is 2. The molecule has 1 aromatic carbocycles. The first-order valence-electron chi connectivity index (χ1n) is 8.23. The number of hydrogen-bond acceptors (Lipinski definition) is 2. The maximum Gasteiger partial charge on any atom is 0.184 e. The highest BCUT2D eigenvalue weighted by Gasteiger charge is 2.26. The zero-order valence-corrected chi connectivity index (χ0v) is 13.2. The molecule has 1 saturated heterocycles. The second kappa shape index (κ2) is 6.33. The number of allylic oxidation sites excluding steroid dienone is 2. The third-order valence-corrected chi connectivity index (χ3v) is 4.87. The molecule has 3 rings (SSSR count). The van der Waals surface area contributed by atoms with Gasteiger partial charge in [-0.2, -0.15) is 0 Å². The van der Waals surface area contributed by atoms with E-state index in [-0.39, 0.29) is 6.29 Å². The van der Waals surface area contributed by atoms with Crippen molar-refractivity contribution < 1.29 is 9.47 Å². The molecule has 0 bridgehead atoms. The third kappa shape index (κ3) is 3.38. The van der Waals surface area contributed by atoms with Gasteiger partial charge >= 0.3 is 0 Å². The molecule has 0 spiro atoms. The van der Waals surface area contributed by atoms with E-state index in [0.717, 1.165) is 5.56 Å². The quantitative estimate of drug-likeness (QED) is 0.766. The van der Waals surface area contributed by atoms with E-state index >= 15 is 0 Å². The first-order chi connectivity index (χ1) is 10.2. The lowest BCUT2D eigenvalue weighted by molar-refractivity contribution is -0.0441. The summed E-state index contributed by atoms with van der Waals surface area (Å²) in [6, 6.07) is 8.72. The minimum absolute atomic E-state index is 0.160. The van der Waals surface area contributed by atoms with Crippen molar-refractivity contribution in [2.24, 2.45) is 5.41 Å². The van der Waals surface area contributed by atoms with Gasteiger partial charge < -0.3 is 9.47 Å². The van der Waals surface area contributed by atoms with Gasteiger partial charge in [0.1, 0.15) is 0 Å². The summed E-state index contributed by atoms with van der Waals surface area (Å²) in [5.74, 6) is 0. The van der Waals surface area contributed by atoms with E-state index in [1.807, 2.05) is 0 Å². The molecule has 0 amide bonds. The highest BCUT2D eigenvalue weighted by atomic mass is 16.7. The molecule has 1 aliphatic carbocycles. The molecule has 2 aliphatic rings. The van der Waals surface area contributed by atoms with Gasteiger partial charge in [0, 0.05) is 5.56 Å². The topological polar surface area (TPSA) is 18.5 Å². The zero-order valence-electron chi connectivity index (χ0n) is 13.2. The molecular formula is C19H26O2. The monoisotopic (exact) mass is 286 g/mol. The molecule has 1 unspecified atom stereocenters. The van der Waals surface area contributed by atoms with Crippen molar-refractivity contribution in [2.45, 2.75) is 52.2 Å². The van der Waals surface area contributed by atoms with Crippen molar-refractivity contribution in [1.82, 2.24) is 0 Å². The molecule has 0 aromatic heterocycles. The Morgan fingerprint density at radius 2 is 1.86 bits per heavy atom. The summed E-state index contributed by atoms with van der Waals surface area (Å²) in [5.41, 5.74) is 4.51. The van der Waals surface area contributed by atoms with E-state index < -0.39 is 0 Å². The highest BCUT2D eigenvalue weighted by molar-refractivity contribution is 5.66. The van der Waals surface area contributed by atoms with E-state index in [2.05, 4.69) is 44.2 Å². The summed E-state index contributed by atoms with van der Waals surface area (Å²) in [6.45, 7) is 6.12. The van der Waals surface area contributed by atoms with Crippen LogP contribution in [-0.4, -0.2) is 13.2 Å². The Kier molecular flexibility index (Phi) is 4.46. The van der Waals surface area contributed by atoms with Gasteiger partial charge in [-0.1, -0.05) is 50.6 Å². The standard InChI is InChI=1S/C19H26O2/c1-3-10-19(2)11-8-16(9-12-19)15-4-6-17(7-5-15)18-20-13-14-21-18/h4-8,18H,3,9-14H2,1-2H3. The van der Waals surface area contributed by atoms with Gasteiger partial charge in [0.25, 0.3) is 0 Å². The van der Waals surface area contributed by atoms with E-state index in [1.165, 1.54) is 43.2 Å². The number of rotatable bonds is 4. The minimum Gasteiger partial charge on any atom is -0.346 e. The predicted molar refractivity (Wildman–Crippen MR) is 85.9 cm³/mol. The Morgan fingerprint density at radius 1 is 1.14 bits per heavy atom. The van der Waals surface area contributed by atoms with Crippen molar-refractivity contribution >= 4 is 5.57 Å². The fourth-order valence-electron chi connectivity index (χ4n) is 3.51. The van der Waals surface area contributed by atoms with E-state index in [0.29, 0.717) is 18.6 Å². The van der Waals surface area contributed by atoms with Crippen LogP contribution in [-0.2, 0) is 9.47 Å². The summed E-state index contributed by atoms with van der Waals surface area (Å²) >= 11 is 0. The average Bonchev–Trinajstić information content (AvgIpc) is 3.03. The van der Waals surface area contributed by atoms with Crippen LogP contribution in [0.4, 0.5) is 0 Å². The molecule has 0 saturated carbocycles. The van der Waals surface area contributed by atoms with Gasteiger partial charge in [0.15, 0.2) is 6.29 Å². The second-order valence-electron chi connectivity index (χ2n) is 6.69. The van der Waals surface area contributed by atoms with Crippen molar-refractivity contribution in [3.63, 3.8) is 0 Å². The Morgan fingerprint density at radius 3 is 2.43 bits per heavy atom. The molecular weight excluding hydrogens is 260 g/mol. The summed E-state index contributed by atoms with van der Waals surface area (Å²) in [6.07, 6.45) is 8.65. The Bertz CT molecular complexity index is 497. The van der Waals surface area contributed by atoms with Crippen LogP contribution < -0.4 is 0 Å². The molecule has 2 heteroatoms. The molecule has 1 aromatic rings. The molecule has 0 N–H and O–H groups in total. The first-order valence-corrected chi connectivity index (χ1v) is 8.23. The summed E-state index contributed by atoms with van der Waals surface area (Å²) in [5, 5.41) is 0. The largest absolute Gasteiger partial charge is 0.346 e. The fourth-order valence-corrected chi connectivity index (χ4v) is 3.51. The van der Waals surface area contributed by atoms with E-state index in [1.54, 1.807) is 0 Å². The fraction of sp³-hybridized carbons (Fsp3) is 0.579. The summed E-state index contributed by atoms with van der Waals surface area (Å²) in [4.78, 5) is 0. The van der Waals surface area contributed by atoms with Crippen LogP contribution in [0.3, 0.4) is 0 Å². The Balaban J connectivity index is 1.68. The van der Waals surface area contributed by atoms with Crippen molar-refractivity contribution in [3.05, 3.63) is 41.5 Å². The van der Waals surface area contributed by atoms with Gasteiger partial charge in [-0.05, 0) is 42.2 Å². The minimum atomic E-state index is -0.160. The van der Waals surface area contributed by atoms with Gasteiger partial charge in [-0.25, -0.2) is 0 Å². The van der Waals surface area contributed by atoms with Crippen LogP contribution in [0, 0.1) is 5.41 Å². The second-order valence-corrected chi connectivity index (χ2v) is 6.69. The first kappa shape index (κ1) is 14.8. The normalized spacial score (nSPS) is 26.9. The van der Waals surface area contributed by atoms with Crippen molar-refractivity contribution in [3.8, 4) is 0 Å². The average molecular weight is 286 g/mol. The van der Waals surface area contributed by atoms with Crippen molar-refractivity contribution in [2.75, 3.05) is 13.2 Å². The van der Waals surface area contributed by atoms with Gasteiger partial charge in [0.05, 0.1) is 13.2 Å². The SMILES string of the molecule is CCCC1(C)CC=C(c2ccc(C3OCCO3)cc2)CC1. The molecule has 1 atom stereocenters. The van der Waals surface area contributed by atoms with E-state index in [9.17, 15) is 0 Å². The van der Waals surface area contributed by atoms with Crippen LogP contribution in [0.2, 0.25) is 0 Å². The van der Waals surface area contributed by atoms with Crippen LogP contribution in [0.5, 0.6) is 0 Å². The molecule has 1 heterocycles. The summed E-state index contributed by atoms with van der Waals surface area (Å²) < 4.78 is 11.1. The molecule has 1 aliphatic heterocycles. The highest BCUT2D eigenvalue weighted by Crippen LogP contribution is 2.41. The molecule has 2 nitrogen and oxygen atoms in total. The van der Waals surface area contributed by atoms with Crippen LogP contribution in [0.15, 0.2) is 30.3 Å². The van der Waals surface area contributed by atoms with Crippen molar-refractivity contribution in [1.29, 1.82) is 0 Å². The maximum absolute atomic E-state index is 5.54. The molecule has 21 heavy (non-hydrogen) atoms. The number of benzene rings is 1. The lowest BCUT2D eigenvalue weighted by atomic mass is 9.73. The summed E-state index contributed by atoms with van der Waals surface area (Å²) in [7, 11) is 0. The Hall–Kier alpha value is -1.12. The maximum atomic E-state index is 5.54. The van der Waals surface area contributed by atoms with Gasteiger partial charge in [-0.3, -0.25) is 0 Å².